The maximum absolute atomic E-state index is 13.1. The fraction of sp³-hybridized carbons (Fsp3) is 0.455. The van der Waals surface area contributed by atoms with Crippen LogP contribution in [0, 0.1) is 0 Å². The van der Waals surface area contributed by atoms with E-state index in [1.54, 1.807) is 24.3 Å². The molecule has 20 nitrogen and oxygen atoms in total. The van der Waals surface area contributed by atoms with Crippen molar-refractivity contribution < 1.29 is 56.7 Å². The summed E-state index contributed by atoms with van der Waals surface area (Å²) >= 11 is 0. The van der Waals surface area contributed by atoms with Gasteiger partial charge in [-0.15, -0.1) is 0 Å². The summed E-state index contributed by atoms with van der Waals surface area (Å²) < 4.78 is 61.6. The van der Waals surface area contributed by atoms with Gasteiger partial charge in [-0.1, -0.05) is 12.1 Å². The highest BCUT2D eigenvalue weighted by atomic mass is 31.2. The van der Waals surface area contributed by atoms with Crippen LogP contribution in [0.3, 0.4) is 0 Å². The maximum Gasteiger partial charge on any atom is 0.472 e. The first-order valence-electron chi connectivity index (χ1n) is 13.0. The van der Waals surface area contributed by atoms with Crippen LogP contribution in [-0.2, 0) is 36.7 Å². The highest BCUT2D eigenvalue weighted by molar-refractivity contribution is 7.47. The number of para-hydroxylation sites is 2. The van der Waals surface area contributed by atoms with Crippen LogP contribution in [0.4, 0.5) is 5.95 Å². The number of anilines is 1. The second-order valence-corrected chi connectivity index (χ2v) is 13.0. The number of hydrogen-bond donors (Lipinski definition) is 6. The van der Waals surface area contributed by atoms with Gasteiger partial charge in [0.2, 0.25) is 5.95 Å². The molecule has 0 spiro atoms. The number of nitrogens with one attached hydrogen (secondary N) is 1. The van der Waals surface area contributed by atoms with Crippen LogP contribution < -0.4 is 11.3 Å². The molecule has 22 heteroatoms. The average Bonchev–Trinajstić information content (AvgIpc) is 3.72. The molecular formula is C22H25N7O13P2. The summed E-state index contributed by atoms with van der Waals surface area (Å²) in [6.07, 6.45) is -9.76. The minimum absolute atomic E-state index is 0.117. The van der Waals surface area contributed by atoms with Crippen LogP contribution in [0.1, 0.15) is 12.5 Å². The Labute approximate surface area is 245 Å². The van der Waals surface area contributed by atoms with Gasteiger partial charge in [-0.05, 0) is 12.1 Å². The minimum atomic E-state index is -5.05. The molecule has 4 bridgehead atoms. The highest BCUT2D eigenvalue weighted by Gasteiger charge is 2.53. The first kappa shape index (κ1) is 29.6. The van der Waals surface area contributed by atoms with Gasteiger partial charge in [0.25, 0.3) is 5.56 Å². The lowest BCUT2D eigenvalue weighted by atomic mass is 10.1. The smallest absolute Gasteiger partial charge is 0.387 e. The molecule has 3 aromatic heterocycles. The number of phosphoric ester groups is 2. The third-order valence-electron chi connectivity index (χ3n) is 7.42. The number of nitrogens with zero attached hydrogens (tertiary/aromatic N) is 5. The topological polar surface area (TPSA) is 278 Å². The Kier molecular flexibility index (Phi) is 7.24. The lowest BCUT2D eigenvalue weighted by Crippen LogP contribution is -2.38. The van der Waals surface area contributed by atoms with E-state index in [-0.39, 0.29) is 17.1 Å². The number of ether oxygens (including phenoxy) is 2. The van der Waals surface area contributed by atoms with E-state index in [1.165, 1.54) is 10.9 Å². The predicted molar refractivity (Wildman–Crippen MR) is 143 cm³/mol. The second-order valence-electron chi connectivity index (χ2n) is 10.2. The summed E-state index contributed by atoms with van der Waals surface area (Å²) in [7, 11) is -10.1. The molecule has 1 aromatic carbocycles. The van der Waals surface area contributed by atoms with E-state index in [9.17, 15) is 33.9 Å². The minimum Gasteiger partial charge on any atom is -0.387 e. The number of nitrogen functional groups attached to an aromatic ring is 1. The number of rotatable bonds is 2. The number of hydrogen-bond acceptors (Lipinski definition) is 15. The van der Waals surface area contributed by atoms with Gasteiger partial charge in [-0.2, -0.15) is 4.98 Å². The van der Waals surface area contributed by atoms with Gasteiger partial charge < -0.3 is 39.8 Å². The first-order valence-corrected chi connectivity index (χ1v) is 16.0. The van der Waals surface area contributed by atoms with E-state index >= 15 is 0 Å². The van der Waals surface area contributed by atoms with Crippen LogP contribution in [-0.4, -0.2) is 98.9 Å². The SMILES string of the molecule is Nc1nc2c(ncn2[C@@H]2O[C@@H]3COP(=O)(O)OC4C(O)[C@@H](COP(=O)(O)OC2C3O)O[C@H]4n2cnc3ccccc32)c(=O)[nH]1. The van der Waals surface area contributed by atoms with Gasteiger partial charge in [0.05, 0.1) is 36.9 Å². The Balaban J connectivity index is 1.22. The fourth-order valence-corrected chi connectivity index (χ4v) is 7.27. The van der Waals surface area contributed by atoms with Crippen molar-refractivity contribution in [2.45, 2.75) is 49.1 Å². The van der Waals surface area contributed by atoms with E-state index < -0.39 is 83.5 Å². The molecule has 3 fully saturated rings. The molecule has 10 atom stereocenters. The highest BCUT2D eigenvalue weighted by Crippen LogP contribution is 2.53. The third-order valence-corrected chi connectivity index (χ3v) is 9.39. The van der Waals surface area contributed by atoms with Crippen molar-refractivity contribution in [3.05, 3.63) is 47.3 Å². The molecule has 6 heterocycles. The van der Waals surface area contributed by atoms with Crippen molar-refractivity contribution in [3.63, 3.8) is 0 Å². The zero-order valence-electron chi connectivity index (χ0n) is 22.2. The number of H-pyrrole nitrogens is 1. The summed E-state index contributed by atoms with van der Waals surface area (Å²) in [6, 6.07) is 6.88. The number of aromatic amines is 1. The van der Waals surface area contributed by atoms with E-state index in [2.05, 4.69) is 19.9 Å². The Hall–Kier alpha value is -3.10. The quantitative estimate of drug-likeness (QED) is 0.145. The summed E-state index contributed by atoms with van der Waals surface area (Å²) in [4.78, 5) is 48.1. The van der Waals surface area contributed by atoms with E-state index in [0.717, 1.165) is 10.9 Å². The van der Waals surface area contributed by atoms with E-state index in [1.807, 2.05) is 0 Å². The number of imidazole rings is 2. The fourth-order valence-electron chi connectivity index (χ4n) is 5.40. The number of aliphatic hydroxyl groups is 2. The molecule has 3 saturated heterocycles. The first-order chi connectivity index (χ1) is 20.9. The summed E-state index contributed by atoms with van der Waals surface area (Å²) in [5, 5.41) is 22.1. The van der Waals surface area contributed by atoms with Gasteiger partial charge in [0, 0.05) is 0 Å². The van der Waals surface area contributed by atoms with Gasteiger partial charge in [-0.3, -0.25) is 32.4 Å². The number of nitrogens with two attached hydrogens (primary N) is 1. The van der Waals surface area contributed by atoms with Gasteiger partial charge in [0.15, 0.2) is 23.6 Å². The number of aliphatic hydroxyl groups excluding tert-OH is 2. The van der Waals surface area contributed by atoms with Crippen LogP contribution in [0.15, 0.2) is 41.7 Å². The van der Waals surface area contributed by atoms with Crippen molar-refractivity contribution in [2.24, 2.45) is 0 Å². The maximum atomic E-state index is 13.1. The molecule has 0 radical (unpaired) electrons. The monoisotopic (exact) mass is 657 g/mol. The van der Waals surface area contributed by atoms with Crippen molar-refractivity contribution in [3.8, 4) is 0 Å². The molecule has 3 aliphatic rings. The van der Waals surface area contributed by atoms with Gasteiger partial charge >= 0.3 is 15.6 Å². The molecule has 4 aromatic rings. The van der Waals surface area contributed by atoms with E-state index in [4.69, 9.17) is 33.3 Å². The predicted octanol–water partition coefficient (Wildman–Crippen LogP) is -0.714. The van der Waals surface area contributed by atoms with Gasteiger partial charge in [0.1, 0.15) is 36.6 Å². The zero-order chi connectivity index (χ0) is 31.0. The third kappa shape index (κ3) is 5.18. The lowest BCUT2D eigenvalue weighted by Gasteiger charge is -2.26. The second kappa shape index (κ2) is 10.8. The van der Waals surface area contributed by atoms with Crippen molar-refractivity contribution >= 4 is 43.8 Å². The molecule has 0 amide bonds. The molecule has 6 unspecified atom stereocenters. The lowest BCUT2D eigenvalue weighted by molar-refractivity contribution is -0.0674. The molecule has 0 aliphatic carbocycles. The van der Waals surface area contributed by atoms with Crippen LogP contribution in [0.2, 0.25) is 0 Å². The molecular weight excluding hydrogens is 632 g/mol. The van der Waals surface area contributed by atoms with Crippen molar-refractivity contribution in [1.82, 2.24) is 29.1 Å². The van der Waals surface area contributed by atoms with Crippen LogP contribution in [0.25, 0.3) is 22.2 Å². The van der Waals surface area contributed by atoms with Crippen molar-refractivity contribution in [1.29, 1.82) is 0 Å². The number of benzene rings is 1. The molecule has 44 heavy (non-hydrogen) atoms. The molecule has 236 valence electrons. The van der Waals surface area contributed by atoms with Crippen molar-refractivity contribution in [2.75, 3.05) is 18.9 Å². The Morgan fingerprint density at radius 2 is 1.45 bits per heavy atom. The largest absolute Gasteiger partial charge is 0.472 e. The summed E-state index contributed by atoms with van der Waals surface area (Å²) in [5.41, 5.74) is 5.77. The number of aromatic nitrogens is 6. The Morgan fingerprint density at radius 3 is 2.09 bits per heavy atom. The van der Waals surface area contributed by atoms with Gasteiger partial charge in [-0.25, -0.2) is 19.1 Å². The van der Waals surface area contributed by atoms with Crippen LogP contribution in [0.5, 0.6) is 0 Å². The van der Waals surface area contributed by atoms with Crippen LogP contribution >= 0.6 is 15.6 Å². The Morgan fingerprint density at radius 1 is 0.886 bits per heavy atom. The van der Waals surface area contributed by atoms with E-state index in [0.29, 0.717) is 11.0 Å². The zero-order valence-corrected chi connectivity index (χ0v) is 24.0. The summed E-state index contributed by atoms with van der Waals surface area (Å²) in [5.74, 6) is -0.274. The molecule has 0 saturated carbocycles. The molecule has 7 N–H and O–H groups in total. The Bertz CT molecular complexity index is 1880. The number of phosphoric acid groups is 2. The number of fused-ring (bicyclic) bond motifs is 6. The summed E-state index contributed by atoms with van der Waals surface area (Å²) in [6.45, 7) is -1.55. The standard InChI is InChI=1S/C22H25N7O13P2/c23-22-26-18-13(19(32)27-22)25-8-29(18)21-17-15(31)12(40-21)6-38-43(33,34)41-16-14(30)11(5-37-44(35,36)42-17)39-20(16)28-7-24-9-3-1-2-4-10(9)28/h1-4,7-8,11-12,14-17,20-21,30-31H,5-6H2,(H,33,34)(H,35,36)(H3,23,26,27,32)/t11-,12-,14?,15?,16?,17?,20-,21-/m1/s1. The normalized spacial score (nSPS) is 38.3. The molecule has 7 rings (SSSR count). The molecule has 3 aliphatic heterocycles. The average molecular weight is 657 g/mol.